The van der Waals surface area contributed by atoms with Crippen molar-refractivity contribution in [1.82, 2.24) is 14.4 Å². The molecular weight excluding hydrogens is 384 g/mol. The number of hydrogen-bond donors (Lipinski definition) is 0. The van der Waals surface area contributed by atoms with E-state index in [1.54, 1.807) is 4.90 Å². The molecular formula is C22H30N4O4. The molecule has 2 rings (SSSR count). The number of benzene rings is 1. The molecule has 8 heteroatoms. The first kappa shape index (κ1) is 23.1. The molecule has 1 heterocycles. The summed E-state index contributed by atoms with van der Waals surface area (Å²) in [5.41, 5.74) is 1.28. The van der Waals surface area contributed by atoms with Gasteiger partial charge in [0.1, 0.15) is 6.54 Å². The molecule has 1 aromatic heterocycles. The first-order chi connectivity index (χ1) is 14.2. The first-order valence-electron chi connectivity index (χ1n) is 10.1. The molecule has 0 bridgehead atoms. The number of nitro benzene ring substituents is 1. The van der Waals surface area contributed by atoms with Gasteiger partial charge in [0.15, 0.2) is 0 Å². The number of rotatable bonds is 10. The van der Waals surface area contributed by atoms with Gasteiger partial charge in [-0.1, -0.05) is 20.8 Å². The van der Waals surface area contributed by atoms with Crippen LogP contribution in [-0.2, 0) is 18.4 Å². The largest absolute Gasteiger partial charge is 0.353 e. The van der Waals surface area contributed by atoms with Crippen molar-refractivity contribution in [1.29, 1.82) is 0 Å². The van der Waals surface area contributed by atoms with Gasteiger partial charge in [0.05, 0.1) is 11.5 Å². The summed E-state index contributed by atoms with van der Waals surface area (Å²) >= 11 is 0. The molecule has 0 N–H and O–H groups in total. The van der Waals surface area contributed by atoms with Crippen molar-refractivity contribution < 1.29 is 14.5 Å². The van der Waals surface area contributed by atoms with E-state index in [0.717, 1.165) is 5.69 Å². The highest BCUT2D eigenvalue weighted by Crippen LogP contribution is 2.15. The maximum Gasteiger partial charge on any atom is 0.269 e. The van der Waals surface area contributed by atoms with E-state index in [2.05, 4.69) is 13.8 Å². The van der Waals surface area contributed by atoms with Crippen molar-refractivity contribution in [3.8, 4) is 0 Å². The van der Waals surface area contributed by atoms with Crippen LogP contribution < -0.4 is 0 Å². The third-order valence-electron chi connectivity index (χ3n) is 4.77. The second kappa shape index (κ2) is 10.6. The van der Waals surface area contributed by atoms with Gasteiger partial charge in [-0.25, -0.2) is 0 Å². The zero-order valence-electron chi connectivity index (χ0n) is 18.1. The van der Waals surface area contributed by atoms with E-state index in [4.69, 9.17) is 0 Å². The van der Waals surface area contributed by atoms with Crippen LogP contribution in [0, 0.1) is 16.0 Å². The third-order valence-corrected chi connectivity index (χ3v) is 4.77. The molecule has 0 aliphatic carbocycles. The Bertz CT molecular complexity index is 874. The zero-order chi connectivity index (χ0) is 22.3. The van der Waals surface area contributed by atoms with E-state index in [1.165, 1.54) is 29.2 Å². The second-order valence-electron chi connectivity index (χ2n) is 7.81. The van der Waals surface area contributed by atoms with E-state index in [0.29, 0.717) is 37.5 Å². The van der Waals surface area contributed by atoms with E-state index in [-0.39, 0.29) is 24.0 Å². The lowest BCUT2D eigenvalue weighted by Gasteiger charge is -2.29. The van der Waals surface area contributed by atoms with E-state index in [9.17, 15) is 19.7 Å². The van der Waals surface area contributed by atoms with Crippen LogP contribution >= 0.6 is 0 Å². The number of aromatic nitrogens is 1. The number of hydrogen-bond acceptors (Lipinski definition) is 4. The van der Waals surface area contributed by atoms with Crippen LogP contribution in [0.3, 0.4) is 0 Å². The molecule has 1 aromatic carbocycles. The van der Waals surface area contributed by atoms with Gasteiger partial charge in [0.2, 0.25) is 5.91 Å². The van der Waals surface area contributed by atoms with Crippen LogP contribution in [-0.4, -0.2) is 50.7 Å². The number of nitrogens with zero attached hydrogens (tertiary/aromatic N) is 4. The monoisotopic (exact) mass is 414 g/mol. The van der Waals surface area contributed by atoms with Gasteiger partial charge in [0.25, 0.3) is 11.6 Å². The lowest BCUT2D eigenvalue weighted by molar-refractivity contribution is -0.384. The summed E-state index contributed by atoms with van der Waals surface area (Å²) in [6.07, 6.45) is 2.64. The topological polar surface area (TPSA) is 88.7 Å². The normalized spacial score (nSPS) is 10.8. The Morgan fingerprint density at radius 3 is 2.30 bits per heavy atom. The fourth-order valence-electron chi connectivity index (χ4n) is 3.25. The Balaban J connectivity index is 2.17. The van der Waals surface area contributed by atoms with Crippen molar-refractivity contribution in [3.05, 3.63) is 64.0 Å². The smallest absolute Gasteiger partial charge is 0.269 e. The Morgan fingerprint density at radius 1 is 1.13 bits per heavy atom. The lowest BCUT2D eigenvalue weighted by Crippen LogP contribution is -2.44. The summed E-state index contributed by atoms with van der Waals surface area (Å²) in [6.45, 7) is 7.52. The van der Waals surface area contributed by atoms with Crippen molar-refractivity contribution in [2.24, 2.45) is 13.0 Å². The summed E-state index contributed by atoms with van der Waals surface area (Å²) in [7, 11) is 1.94. The summed E-state index contributed by atoms with van der Waals surface area (Å²) in [6, 6.07) is 9.40. The van der Waals surface area contributed by atoms with Crippen LogP contribution in [0.4, 0.5) is 5.69 Å². The highest BCUT2D eigenvalue weighted by atomic mass is 16.6. The Kier molecular flexibility index (Phi) is 8.15. The highest BCUT2D eigenvalue weighted by molar-refractivity contribution is 5.96. The van der Waals surface area contributed by atoms with Crippen LogP contribution in [0.15, 0.2) is 42.6 Å². The molecule has 0 saturated carbocycles. The Hall–Kier alpha value is -3.16. The number of non-ortho nitro benzene ring substituents is 1. The summed E-state index contributed by atoms with van der Waals surface area (Å²) < 4.78 is 1.98. The molecule has 0 radical (unpaired) electrons. The molecule has 0 spiro atoms. The molecule has 0 aliphatic heterocycles. The van der Waals surface area contributed by atoms with Gasteiger partial charge in [-0.2, -0.15) is 0 Å². The predicted molar refractivity (Wildman–Crippen MR) is 115 cm³/mol. The van der Waals surface area contributed by atoms with Gasteiger partial charge in [-0.15, -0.1) is 0 Å². The van der Waals surface area contributed by atoms with E-state index < -0.39 is 4.92 Å². The Morgan fingerprint density at radius 2 is 1.80 bits per heavy atom. The maximum absolute atomic E-state index is 13.1. The molecule has 0 atom stereocenters. The minimum Gasteiger partial charge on any atom is -0.353 e. The molecule has 0 aliphatic rings. The molecule has 8 nitrogen and oxygen atoms in total. The van der Waals surface area contributed by atoms with E-state index in [1.807, 2.05) is 36.9 Å². The lowest BCUT2D eigenvalue weighted by atomic mass is 10.1. The summed E-state index contributed by atoms with van der Waals surface area (Å²) in [5.74, 6) is -0.128. The number of carbonyl (C=O) groups is 2. The fraction of sp³-hybridized carbons (Fsp3) is 0.455. The van der Waals surface area contributed by atoms with Crippen LogP contribution in [0.25, 0.3) is 0 Å². The standard InChI is InChI=1S/C22H30N4O4/c1-5-12-24(22(28)18-8-10-19(11-9-18)26(29)30)16-21(27)25(14-17(2)3)15-20-7-6-13-23(20)4/h6-11,13,17H,5,12,14-16H2,1-4H3. The van der Waals surface area contributed by atoms with Gasteiger partial charge < -0.3 is 14.4 Å². The van der Waals surface area contributed by atoms with Crippen LogP contribution in [0.2, 0.25) is 0 Å². The molecule has 2 aromatic rings. The average molecular weight is 415 g/mol. The first-order valence-corrected chi connectivity index (χ1v) is 10.1. The van der Waals surface area contributed by atoms with Crippen molar-refractivity contribution >= 4 is 17.5 Å². The average Bonchev–Trinajstić information content (AvgIpc) is 3.10. The molecule has 162 valence electrons. The summed E-state index contributed by atoms with van der Waals surface area (Å²) in [4.78, 5) is 39.7. The number of carbonyl (C=O) groups excluding carboxylic acids is 2. The van der Waals surface area contributed by atoms with Crippen molar-refractivity contribution in [3.63, 3.8) is 0 Å². The van der Waals surface area contributed by atoms with Crippen molar-refractivity contribution in [2.75, 3.05) is 19.6 Å². The minimum absolute atomic E-state index is 0.0270. The summed E-state index contributed by atoms with van der Waals surface area (Å²) in [5, 5.41) is 10.8. The van der Waals surface area contributed by atoms with Gasteiger partial charge >= 0.3 is 0 Å². The second-order valence-corrected chi connectivity index (χ2v) is 7.81. The molecule has 0 unspecified atom stereocenters. The minimum atomic E-state index is -0.505. The number of nitro groups is 1. The molecule has 0 fully saturated rings. The molecule has 30 heavy (non-hydrogen) atoms. The SMILES string of the molecule is CCCN(CC(=O)N(Cc1cccn1C)CC(C)C)C(=O)c1ccc([N+](=O)[O-])cc1. The van der Waals surface area contributed by atoms with Gasteiger partial charge in [-0.3, -0.25) is 19.7 Å². The Labute approximate surface area is 177 Å². The maximum atomic E-state index is 13.1. The van der Waals surface area contributed by atoms with E-state index >= 15 is 0 Å². The van der Waals surface area contributed by atoms with Crippen LogP contribution in [0.1, 0.15) is 43.2 Å². The quantitative estimate of drug-likeness (QED) is 0.440. The molecule has 2 amide bonds. The predicted octanol–water partition coefficient (Wildman–Crippen LogP) is 3.47. The number of amides is 2. The van der Waals surface area contributed by atoms with Gasteiger partial charge in [-0.05, 0) is 36.6 Å². The van der Waals surface area contributed by atoms with Gasteiger partial charge in [0, 0.05) is 49.7 Å². The molecule has 0 saturated heterocycles. The number of aryl methyl sites for hydroxylation is 1. The highest BCUT2D eigenvalue weighted by Gasteiger charge is 2.23. The van der Waals surface area contributed by atoms with Crippen LogP contribution in [0.5, 0.6) is 0 Å². The van der Waals surface area contributed by atoms with Crippen molar-refractivity contribution in [2.45, 2.75) is 33.7 Å². The fourth-order valence-corrected chi connectivity index (χ4v) is 3.25. The third kappa shape index (κ3) is 6.17. The zero-order valence-corrected chi connectivity index (χ0v) is 18.1.